The zero-order chi connectivity index (χ0) is 22.8. The molecule has 0 saturated heterocycles. The van der Waals surface area contributed by atoms with Gasteiger partial charge in [-0.1, -0.05) is 30.3 Å². The molecule has 10 heteroatoms. The van der Waals surface area contributed by atoms with Crippen molar-refractivity contribution in [3.05, 3.63) is 70.6 Å². The van der Waals surface area contributed by atoms with Gasteiger partial charge in [0.2, 0.25) is 12.7 Å². The molecule has 2 aromatic heterocycles. The number of aromatic nitrogens is 2. The van der Waals surface area contributed by atoms with Gasteiger partial charge in [-0.3, -0.25) is 19.5 Å². The molecule has 3 amide bonds. The summed E-state index contributed by atoms with van der Waals surface area (Å²) in [6.45, 7) is 0.219. The highest BCUT2D eigenvalue weighted by molar-refractivity contribution is 7.17. The Morgan fingerprint density at radius 2 is 1.91 bits per heavy atom. The number of ether oxygens (including phenoxy) is 2. The monoisotopic (exact) mass is 462 g/mol. The van der Waals surface area contributed by atoms with Crippen LogP contribution in [0, 0.1) is 0 Å². The summed E-state index contributed by atoms with van der Waals surface area (Å²) in [5, 5.41) is 7.26. The fraction of sp³-hybridized carbons (Fsp3) is 0.130. The fourth-order valence-corrected chi connectivity index (χ4v) is 4.41. The summed E-state index contributed by atoms with van der Waals surface area (Å²) in [5.41, 5.74) is 1.98. The molecule has 0 radical (unpaired) electrons. The van der Waals surface area contributed by atoms with Gasteiger partial charge in [0.05, 0.1) is 11.7 Å². The fourth-order valence-electron chi connectivity index (χ4n) is 3.50. The summed E-state index contributed by atoms with van der Waals surface area (Å²) < 4.78 is 11.9. The summed E-state index contributed by atoms with van der Waals surface area (Å²) in [7, 11) is 0. The number of rotatable bonds is 5. The second kappa shape index (κ2) is 8.75. The number of thiophene rings is 1. The number of benzene rings is 2. The topological polar surface area (TPSA) is 112 Å². The van der Waals surface area contributed by atoms with Crippen LogP contribution in [0.4, 0.5) is 10.5 Å². The van der Waals surface area contributed by atoms with Crippen molar-refractivity contribution in [3.63, 3.8) is 0 Å². The van der Waals surface area contributed by atoms with Crippen LogP contribution in [0.5, 0.6) is 11.5 Å². The first kappa shape index (κ1) is 20.7. The van der Waals surface area contributed by atoms with Crippen molar-refractivity contribution in [3.8, 4) is 22.6 Å². The molecule has 0 aliphatic carbocycles. The molecule has 0 unspecified atom stereocenters. The van der Waals surface area contributed by atoms with Crippen molar-refractivity contribution in [1.29, 1.82) is 0 Å². The van der Waals surface area contributed by atoms with Gasteiger partial charge < -0.3 is 14.8 Å². The number of urea groups is 1. The van der Waals surface area contributed by atoms with Gasteiger partial charge in [0.25, 0.3) is 5.56 Å². The number of amides is 3. The third kappa shape index (κ3) is 4.28. The van der Waals surface area contributed by atoms with Gasteiger partial charge in [0, 0.05) is 35.7 Å². The highest BCUT2D eigenvalue weighted by Crippen LogP contribution is 2.34. The Morgan fingerprint density at radius 1 is 1.09 bits per heavy atom. The van der Waals surface area contributed by atoms with Crippen LogP contribution in [-0.2, 0) is 11.3 Å². The summed E-state index contributed by atoms with van der Waals surface area (Å²) in [5.74, 6) is 0.590. The number of anilines is 1. The number of carbonyl (C=O) groups excluding carboxylic acids is 2. The lowest BCUT2D eigenvalue weighted by atomic mass is 10.1. The van der Waals surface area contributed by atoms with Crippen molar-refractivity contribution in [1.82, 2.24) is 14.9 Å². The van der Waals surface area contributed by atoms with Crippen molar-refractivity contribution in [2.75, 3.05) is 12.1 Å². The molecule has 0 fully saturated rings. The molecule has 1 aliphatic rings. The average molecular weight is 462 g/mol. The van der Waals surface area contributed by atoms with Crippen LogP contribution in [-0.4, -0.2) is 28.3 Å². The molecule has 166 valence electrons. The van der Waals surface area contributed by atoms with E-state index in [-0.39, 0.29) is 25.3 Å². The second-order valence-electron chi connectivity index (χ2n) is 7.26. The Morgan fingerprint density at radius 3 is 2.76 bits per heavy atom. The van der Waals surface area contributed by atoms with E-state index in [1.165, 1.54) is 22.2 Å². The lowest BCUT2D eigenvalue weighted by Crippen LogP contribution is -2.35. The summed E-state index contributed by atoms with van der Waals surface area (Å²) >= 11 is 1.40. The number of carbonyl (C=O) groups is 2. The molecule has 0 bridgehead atoms. The Kier molecular flexibility index (Phi) is 5.49. The first-order valence-corrected chi connectivity index (χ1v) is 11.0. The summed E-state index contributed by atoms with van der Waals surface area (Å²) in [6, 6.07) is 13.8. The van der Waals surface area contributed by atoms with Gasteiger partial charge in [-0.2, -0.15) is 0 Å². The smallest absolute Gasteiger partial charge is 0.325 e. The number of aryl methyl sites for hydroxylation is 1. The number of nitrogens with one attached hydrogen (secondary N) is 2. The minimum atomic E-state index is -0.677. The molecule has 0 saturated carbocycles. The summed E-state index contributed by atoms with van der Waals surface area (Å²) in [6.07, 6.45) is 1.36. The minimum Gasteiger partial charge on any atom is -0.454 e. The Balaban J connectivity index is 1.24. The molecule has 3 heterocycles. The molecule has 4 aromatic rings. The van der Waals surface area contributed by atoms with E-state index in [1.807, 2.05) is 35.7 Å². The number of fused-ring (bicyclic) bond motifs is 2. The first-order valence-electron chi connectivity index (χ1n) is 10.1. The van der Waals surface area contributed by atoms with Crippen LogP contribution in [0.2, 0.25) is 0 Å². The zero-order valence-corrected chi connectivity index (χ0v) is 18.1. The van der Waals surface area contributed by atoms with Gasteiger partial charge in [0.15, 0.2) is 11.5 Å². The summed E-state index contributed by atoms with van der Waals surface area (Å²) in [4.78, 5) is 42.5. The van der Waals surface area contributed by atoms with Gasteiger partial charge in [0.1, 0.15) is 4.83 Å². The minimum absolute atomic E-state index is 0.0630. The van der Waals surface area contributed by atoms with E-state index in [1.54, 1.807) is 18.2 Å². The third-order valence-corrected chi connectivity index (χ3v) is 6.00. The molecular formula is C23H18N4O5S. The van der Waals surface area contributed by atoms with E-state index in [0.717, 1.165) is 11.1 Å². The molecule has 1 aliphatic heterocycles. The lowest BCUT2D eigenvalue weighted by molar-refractivity contribution is -0.120. The second-order valence-corrected chi connectivity index (χ2v) is 8.12. The number of hydrogen-bond donors (Lipinski definition) is 2. The highest BCUT2D eigenvalue weighted by atomic mass is 32.1. The number of hydrogen-bond acceptors (Lipinski definition) is 7. The van der Waals surface area contributed by atoms with Crippen LogP contribution in [0.15, 0.2) is 65.0 Å². The van der Waals surface area contributed by atoms with E-state index in [4.69, 9.17) is 9.47 Å². The third-order valence-electron chi connectivity index (χ3n) is 5.11. The number of nitrogens with zero attached hydrogens (tertiary/aromatic N) is 2. The standard InChI is InChI=1S/C23H18N4O5S/c28-19(26-23(30)25-15-6-7-17-18(10-15)32-13-31-17)8-9-27-12-24-21-20(22(27)29)16(11-33-21)14-4-2-1-3-5-14/h1-7,10-12H,8-9,13H2,(H2,25,26,28,30). The Bertz CT molecular complexity index is 1410. The normalized spacial score (nSPS) is 12.0. The average Bonchev–Trinajstić information content (AvgIpc) is 3.46. The molecule has 0 spiro atoms. The van der Waals surface area contributed by atoms with E-state index in [9.17, 15) is 14.4 Å². The van der Waals surface area contributed by atoms with E-state index in [2.05, 4.69) is 15.6 Å². The quantitative estimate of drug-likeness (QED) is 0.469. The maximum atomic E-state index is 13.0. The van der Waals surface area contributed by atoms with Gasteiger partial charge >= 0.3 is 6.03 Å². The first-order chi connectivity index (χ1) is 16.1. The van der Waals surface area contributed by atoms with Crippen molar-refractivity contribution in [2.24, 2.45) is 0 Å². The predicted octanol–water partition coefficient (Wildman–Crippen LogP) is 3.59. The van der Waals surface area contributed by atoms with Gasteiger partial charge in [-0.25, -0.2) is 9.78 Å². The molecule has 2 N–H and O–H groups in total. The molecule has 5 rings (SSSR count). The van der Waals surface area contributed by atoms with E-state index >= 15 is 0 Å². The van der Waals surface area contributed by atoms with E-state index in [0.29, 0.717) is 27.4 Å². The van der Waals surface area contributed by atoms with Crippen molar-refractivity contribution >= 4 is 39.2 Å². The van der Waals surface area contributed by atoms with Gasteiger partial charge in [-0.15, -0.1) is 11.3 Å². The van der Waals surface area contributed by atoms with Gasteiger partial charge in [-0.05, 0) is 17.7 Å². The van der Waals surface area contributed by atoms with Crippen LogP contribution < -0.4 is 25.7 Å². The maximum absolute atomic E-state index is 13.0. The molecule has 2 aromatic carbocycles. The molecule has 9 nitrogen and oxygen atoms in total. The maximum Gasteiger partial charge on any atom is 0.325 e. The Labute approximate surface area is 191 Å². The Hall–Kier alpha value is -4.18. The van der Waals surface area contributed by atoms with Crippen LogP contribution in [0.25, 0.3) is 21.3 Å². The lowest BCUT2D eigenvalue weighted by Gasteiger charge is -2.09. The molecular weight excluding hydrogens is 444 g/mol. The van der Waals surface area contributed by atoms with Crippen molar-refractivity contribution < 1.29 is 19.1 Å². The highest BCUT2D eigenvalue weighted by Gasteiger charge is 2.16. The van der Waals surface area contributed by atoms with Crippen LogP contribution in [0.1, 0.15) is 6.42 Å². The van der Waals surface area contributed by atoms with Crippen molar-refractivity contribution in [2.45, 2.75) is 13.0 Å². The predicted molar refractivity (Wildman–Crippen MR) is 124 cm³/mol. The molecule has 33 heavy (non-hydrogen) atoms. The number of imide groups is 1. The largest absolute Gasteiger partial charge is 0.454 e. The SMILES string of the molecule is O=C(CCn1cnc2scc(-c3ccccc3)c2c1=O)NC(=O)Nc1ccc2c(c1)OCO2. The van der Waals surface area contributed by atoms with E-state index < -0.39 is 11.9 Å². The van der Waals surface area contributed by atoms with Crippen LogP contribution in [0.3, 0.4) is 0 Å². The molecule has 0 atom stereocenters. The van der Waals surface area contributed by atoms with Crippen LogP contribution >= 0.6 is 11.3 Å². The zero-order valence-electron chi connectivity index (χ0n) is 17.2.